The monoisotopic (exact) mass is 293 g/mol. The average molecular weight is 294 g/mol. The van der Waals surface area contributed by atoms with Gasteiger partial charge in [-0.25, -0.2) is 4.98 Å². The van der Waals surface area contributed by atoms with Gasteiger partial charge in [-0.3, -0.25) is 0 Å². The van der Waals surface area contributed by atoms with E-state index in [4.69, 9.17) is 27.1 Å². The number of hydrogen-bond acceptors (Lipinski definition) is 4. The molecule has 0 bridgehead atoms. The van der Waals surface area contributed by atoms with Gasteiger partial charge < -0.3 is 15.4 Å². The number of rotatable bonds is 5. The van der Waals surface area contributed by atoms with Crippen LogP contribution in [0.5, 0.6) is 0 Å². The second kappa shape index (κ2) is 6.39. The number of benzene rings is 1. The summed E-state index contributed by atoms with van der Waals surface area (Å²) in [5.74, 6) is 0.859. The van der Waals surface area contributed by atoms with Crippen molar-refractivity contribution in [3.8, 4) is 0 Å². The van der Waals surface area contributed by atoms with Gasteiger partial charge in [0.1, 0.15) is 5.82 Å². The Morgan fingerprint density at radius 3 is 2.85 bits per heavy atom. The summed E-state index contributed by atoms with van der Waals surface area (Å²) < 4.78 is 5.12. The molecule has 2 rings (SSSR count). The zero-order valence-corrected chi connectivity index (χ0v) is 12.8. The normalized spacial score (nSPS) is 12.7. The number of pyridine rings is 1. The molecule has 0 amide bonds. The predicted molar refractivity (Wildman–Crippen MR) is 84.5 cm³/mol. The lowest BCUT2D eigenvalue weighted by Crippen LogP contribution is -2.25. The Balaban J connectivity index is 2.54. The van der Waals surface area contributed by atoms with E-state index in [1.54, 1.807) is 7.11 Å². The molecule has 0 radical (unpaired) electrons. The topological polar surface area (TPSA) is 51.4 Å². The molecule has 1 unspecified atom stereocenters. The number of methoxy groups -OCH3 is 1. The van der Waals surface area contributed by atoms with Gasteiger partial charge in [-0.05, 0) is 19.1 Å². The van der Waals surface area contributed by atoms with E-state index in [0.717, 1.165) is 28.8 Å². The molecule has 0 saturated carbocycles. The van der Waals surface area contributed by atoms with E-state index in [9.17, 15) is 0 Å². The van der Waals surface area contributed by atoms with Crippen molar-refractivity contribution in [2.24, 2.45) is 5.73 Å². The minimum atomic E-state index is -0.0918. The van der Waals surface area contributed by atoms with Gasteiger partial charge in [0.2, 0.25) is 0 Å². The van der Waals surface area contributed by atoms with Crippen molar-refractivity contribution in [1.82, 2.24) is 4.98 Å². The maximum atomic E-state index is 6.23. The van der Waals surface area contributed by atoms with Gasteiger partial charge in [-0.2, -0.15) is 0 Å². The van der Waals surface area contributed by atoms with Crippen LogP contribution in [0.1, 0.15) is 18.5 Å². The molecule has 4 nitrogen and oxygen atoms in total. The second-order valence-corrected chi connectivity index (χ2v) is 5.32. The number of likely N-dealkylation sites (N-methyl/N-ethyl adjacent to an activating group) is 1. The predicted octanol–water partition coefficient (Wildman–Crippen LogP) is 2.99. The van der Waals surface area contributed by atoms with Gasteiger partial charge in [-0.15, -0.1) is 0 Å². The number of para-hydroxylation sites is 1. The number of ether oxygens (including phenoxy) is 1. The highest BCUT2D eigenvalue weighted by atomic mass is 35.5. The van der Waals surface area contributed by atoms with E-state index < -0.39 is 0 Å². The van der Waals surface area contributed by atoms with Crippen molar-refractivity contribution in [2.45, 2.75) is 13.0 Å². The highest BCUT2D eigenvalue weighted by Gasteiger charge is 2.15. The summed E-state index contributed by atoms with van der Waals surface area (Å²) in [6.07, 6.45) is 0. The number of aromatic nitrogens is 1. The zero-order chi connectivity index (χ0) is 14.7. The summed E-state index contributed by atoms with van der Waals surface area (Å²) in [4.78, 5) is 6.75. The first-order valence-corrected chi connectivity index (χ1v) is 6.97. The van der Waals surface area contributed by atoms with Crippen LogP contribution >= 0.6 is 11.6 Å². The lowest BCUT2D eigenvalue weighted by atomic mass is 10.1. The fourth-order valence-electron chi connectivity index (χ4n) is 2.14. The third kappa shape index (κ3) is 3.03. The van der Waals surface area contributed by atoms with Crippen LogP contribution in [0.4, 0.5) is 5.82 Å². The van der Waals surface area contributed by atoms with Crippen LogP contribution in [-0.4, -0.2) is 32.3 Å². The van der Waals surface area contributed by atoms with Crippen LogP contribution in [0.15, 0.2) is 24.3 Å². The lowest BCUT2D eigenvalue weighted by molar-refractivity contribution is 0.206. The molecule has 1 aromatic carbocycles. The van der Waals surface area contributed by atoms with E-state index >= 15 is 0 Å². The molecule has 0 fully saturated rings. The smallest absolute Gasteiger partial charge is 0.133 e. The van der Waals surface area contributed by atoms with Crippen LogP contribution in [0.2, 0.25) is 5.02 Å². The van der Waals surface area contributed by atoms with Crippen LogP contribution in [-0.2, 0) is 4.74 Å². The zero-order valence-electron chi connectivity index (χ0n) is 12.1. The second-order valence-electron chi connectivity index (χ2n) is 4.92. The number of halogens is 1. The van der Waals surface area contributed by atoms with Gasteiger partial charge in [-0.1, -0.05) is 23.7 Å². The van der Waals surface area contributed by atoms with Gasteiger partial charge in [0.05, 0.1) is 17.1 Å². The Hall–Kier alpha value is -1.36. The fourth-order valence-corrected chi connectivity index (χ4v) is 2.37. The summed E-state index contributed by atoms with van der Waals surface area (Å²) >= 11 is 6.23. The van der Waals surface area contributed by atoms with Crippen LogP contribution in [0.25, 0.3) is 10.9 Å². The molecule has 0 aliphatic rings. The first-order chi connectivity index (χ1) is 9.54. The number of nitrogens with zero attached hydrogens (tertiary/aromatic N) is 2. The van der Waals surface area contributed by atoms with Crippen LogP contribution < -0.4 is 10.6 Å². The Labute approximate surface area is 124 Å². The van der Waals surface area contributed by atoms with Crippen LogP contribution in [0.3, 0.4) is 0 Å². The first-order valence-electron chi connectivity index (χ1n) is 6.59. The molecular weight excluding hydrogens is 274 g/mol. The molecule has 0 aliphatic heterocycles. The summed E-state index contributed by atoms with van der Waals surface area (Å²) in [7, 11) is 3.67. The molecule has 108 valence electrons. The van der Waals surface area contributed by atoms with Gasteiger partial charge >= 0.3 is 0 Å². The summed E-state index contributed by atoms with van der Waals surface area (Å²) in [5, 5.41) is 1.66. The van der Waals surface area contributed by atoms with Crippen molar-refractivity contribution < 1.29 is 4.74 Å². The van der Waals surface area contributed by atoms with E-state index in [1.165, 1.54) is 0 Å². The minimum absolute atomic E-state index is 0.0918. The Kier molecular flexibility index (Phi) is 4.81. The van der Waals surface area contributed by atoms with Gasteiger partial charge in [0.25, 0.3) is 0 Å². The highest BCUT2D eigenvalue weighted by Crippen LogP contribution is 2.30. The molecule has 5 heteroatoms. The molecule has 2 aromatic rings. The lowest BCUT2D eigenvalue weighted by Gasteiger charge is -2.23. The Bertz CT molecular complexity index is 601. The fraction of sp³-hybridized carbons (Fsp3) is 0.400. The molecule has 0 saturated heterocycles. The molecule has 0 spiro atoms. The third-order valence-corrected chi connectivity index (χ3v) is 3.59. The minimum Gasteiger partial charge on any atom is -0.383 e. The quantitative estimate of drug-likeness (QED) is 0.921. The first kappa shape index (κ1) is 15.0. The van der Waals surface area contributed by atoms with Gasteiger partial charge in [0.15, 0.2) is 0 Å². The number of fused-ring (bicyclic) bond motifs is 1. The maximum Gasteiger partial charge on any atom is 0.133 e. The summed E-state index contributed by atoms with van der Waals surface area (Å²) in [6, 6.07) is 7.75. The summed E-state index contributed by atoms with van der Waals surface area (Å²) in [5.41, 5.74) is 7.90. The molecule has 20 heavy (non-hydrogen) atoms. The average Bonchev–Trinajstić information content (AvgIpc) is 2.43. The Morgan fingerprint density at radius 1 is 1.45 bits per heavy atom. The van der Waals surface area contributed by atoms with Crippen molar-refractivity contribution in [2.75, 3.05) is 32.2 Å². The van der Waals surface area contributed by atoms with Crippen molar-refractivity contribution in [3.63, 3.8) is 0 Å². The van der Waals surface area contributed by atoms with Crippen LogP contribution in [0, 0.1) is 0 Å². The summed E-state index contributed by atoms with van der Waals surface area (Å²) in [6.45, 7) is 3.34. The van der Waals surface area contributed by atoms with Gasteiger partial charge in [0, 0.05) is 37.7 Å². The van der Waals surface area contributed by atoms with E-state index in [0.29, 0.717) is 11.6 Å². The molecule has 1 heterocycles. The van der Waals surface area contributed by atoms with Crippen molar-refractivity contribution in [3.05, 3.63) is 34.9 Å². The number of nitrogens with two attached hydrogens (primary N) is 1. The van der Waals surface area contributed by atoms with Crippen molar-refractivity contribution in [1.29, 1.82) is 0 Å². The van der Waals surface area contributed by atoms with Crippen molar-refractivity contribution >= 4 is 28.3 Å². The number of anilines is 1. The standard InChI is InChI=1S/C15H20ClN3O/c1-10(17)12-9-11-5-4-6-13(16)14(11)18-15(12)19(2)7-8-20-3/h4-6,9-10H,7-8,17H2,1-3H3. The molecule has 1 atom stereocenters. The molecule has 0 aliphatic carbocycles. The van der Waals surface area contributed by atoms with E-state index in [-0.39, 0.29) is 6.04 Å². The largest absolute Gasteiger partial charge is 0.383 e. The molecule has 2 N–H and O–H groups in total. The number of hydrogen-bond donors (Lipinski definition) is 1. The SMILES string of the molecule is COCCN(C)c1nc2c(Cl)cccc2cc1C(C)N. The molecular formula is C15H20ClN3O. The van der Waals surface area contributed by atoms with E-state index in [1.807, 2.05) is 37.1 Å². The Morgan fingerprint density at radius 2 is 2.20 bits per heavy atom. The van der Waals surface area contributed by atoms with E-state index in [2.05, 4.69) is 6.07 Å². The maximum absolute atomic E-state index is 6.23. The molecule has 1 aromatic heterocycles. The third-order valence-electron chi connectivity index (χ3n) is 3.29. The highest BCUT2D eigenvalue weighted by molar-refractivity contribution is 6.35.